The SMILES string of the molecule is CC1(C)CC1NC(=O)N1CCCN(CC(=O)O)CC1. The molecule has 108 valence electrons. The van der Waals surface area contributed by atoms with Crippen molar-refractivity contribution in [2.45, 2.75) is 32.7 Å². The highest BCUT2D eigenvalue weighted by Gasteiger charge is 2.47. The number of hydrogen-bond acceptors (Lipinski definition) is 3. The van der Waals surface area contributed by atoms with Crippen LogP contribution in [0.15, 0.2) is 0 Å². The Morgan fingerprint density at radius 2 is 1.95 bits per heavy atom. The first kappa shape index (κ1) is 14.1. The predicted molar refractivity (Wildman–Crippen MR) is 71.0 cm³/mol. The molecular formula is C13H23N3O3. The molecule has 0 bridgehead atoms. The van der Waals surface area contributed by atoms with Crippen LogP contribution < -0.4 is 5.32 Å². The van der Waals surface area contributed by atoms with Gasteiger partial charge in [-0.3, -0.25) is 9.69 Å². The van der Waals surface area contributed by atoms with E-state index in [-0.39, 0.29) is 18.0 Å². The Morgan fingerprint density at radius 1 is 1.26 bits per heavy atom. The van der Waals surface area contributed by atoms with Gasteiger partial charge in [0.05, 0.1) is 6.54 Å². The zero-order chi connectivity index (χ0) is 14.0. The van der Waals surface area contributed by atoms with Crippen molar-refractivity contribution in [3.8, 4) is 0 Å². The monoisotopic (exact) mass is 269 g/mol. The first-order valence-corrected chi connectivity index (χ1v) is 6.88. The molecule has 6 heteroatoms. The number of urea groups is 1. The number of carboxylic acids is 1. The van der Waals surface area contributed by atoms with Gasteiger partial charge in [-0.1, -0.05) is 13.8 Å². The van der Waals surface area contributed by atoms with Gasteiger partial charge < -0.3 is 15.3 Å². The summed E-state index contributed by atoms with van der Waals surface area (Å²) < 4.78 is 0. The van der Waals surface area contributed by atoms with Crippen LogP contribution >= 0.6 is 0 Å². The molecule has 1 saturated heterocycles. The maximum absolute atomic E-state index is 12.1. The largest absolute Gasteiger partial charge is 0.480 e. The van der Waals surface area contributed by atoms with Gasteiger partial charge in [0.25, 0.3) is 0 Å². The summed E-state index contributed by atoms with van der Waals surface area (Å²) in [6, 6.07) is 0.283. The highest BCUT2D eigenvalue weighted by Crippen LogP contribution is 2.44. The van der Waals surface area contributed by atoms with Crippen molar-refractivity contribution in [2.75, 3.05) is 32.7 Å². The Labute approximate surface area is 113 Å². The zero-order valence-electron chi connectivity index (χ0n) is 11.7. The number of carboxylic acid groups (broad SMARTS) is 1. The molecule has 2 rings (SSSR count). The molecule has 6 nitrogen and oxygen atoms in total. The smallest absolute Gasteiger partial charge is 0.317 e. The maximum atomic E-state index is 12.1. The lowest BCUT2D eigenvalue weighted by Gasteiger charge is -2.22. The van der Waals surface area contributed by atoms with Crippen LogP contribution in [0, 0.1) is 5.41 Å². The Balaban J connectivity index is 1.78. The van der Waals surface area contributed by atoms with E-state index in [0.29, 0.717) is 25.7 Å². The number of nitrogens with zero attached hydrogens (tertiary/aromatic N) is 2. The first-order valence-electron chi connectivity index (χ1n) is 6.88. The minimum atomic E-state index is -0.808. The number of aliphatic carboxylic acids is 1. The molecule has 0 radical (unpaired) electrons. The Bertz CT molecular complexity index is 370. The average Bonchev–Trinajstić information content (AvgIpc) is 2.95. The number of nitrogens with one attached hydrogen (secondary N) is 1. The Hall–Kier alpha value is -1.30. The highest BCUT2D eigenvalue weighted by molar-refractivity contribution is 5.75. The van der Waals surface area contributed by atoms with E-state index < -0.39 is 5.97 Å². The van der Waals surface area contributed by atoms with Gasteiger partial charge in [-0.2, -0.15) is 0 Å². The molecule has 1 atom stereocenters. The second-order valence-corrected chi connectivity index (χ2v) is 6.21. The van der Waals surface area contributed by atoms with Crippen LogP contribution in [0.2, 0.25) is 0 Å². The molecule has 1 aliphatic carbocycles. The van der Waals surface area contributed by atoms with Gasteiger partial charge in [0.15, 0.2) is 0 Å². The number of hydrogen-bond donors (Lipinski definition) is 2. The van der Waals surface area contributed by atoms with Gasteiger partial charge in [-0.05, 0) is 18.3 Å². The summed E-state index contributed by atoms with van der Waals surface area (Å²) in [6.45, 7) is 7.04. The third-order valence-electron chi connectivity index (χ3n) is 4.05. The van der Waals surface area contributed by atoms with Crippen LogP contribution in [0.1, 0.15) is 26.7 Å². The first-order chi connectivity index (χ1) is 8.88. The fraction of sp³-hybridized carbons (Fsp3) is 0.846. The van der Waals surface area contributed by atoms with E-state index in [2.05, 4.69) is 19.2 Å². The number of amides is 2. The van der Waals surface area contributed by atoms with E-state index in [9.17, 15) is 9.59 Å². The molecule has 1 unspecified atom stereocenters. The van der Waals surface area contributed by atoms with Gasteiger partial charge >= 0.3 is 12.0 Å². The summed E-state index contributed by atoms with van der Waals surface area (Å²) in [5.74, 6) is -0.808. The van der Waals surface area contributed by atoms with E-state index >= 15 is 0 Å². The van der Waals surface area contributed by atoms with Gasteiger partial charge in [-0.15, -0.1) is 0 Å². The lowest BCUT2D eigenvalue weighted by Crippen LogP contribution is -2.44. The second-order valence-electron chi connectivity index (χ2n) is 6.21. The minimum absolute atomic E-state index is 0.00671. The average molecular weight is 269 g/mol. The molecule has 2 N–H and O–H groups in total. The van der Waals surface area contributed by atoms with Gasteiger partial charge in [0.1, 0.15) is 0 Å². The van der Waals surface area contributed by atoms with E-state index in [1.807, 2.05) is 4.90 Å². The van der Waals surface area contributed by atoms with Crippen LogP contribution in [0.25, 0.3) is 0 Å². The molecule has 0 aromatic carbocycles. The van der Waals surface area contributed by atoms with Crippen molar-refractivity contribution in [1.82, 2.24) is 15.1 Å². The molecule has 1 saturated carbocycles. The van der Waals surface area contributed by atoms with Gasteiger partial charge in [0, 0.05) is 32.2 Å². The third-order valence-corrected chi connectivity index (χ3v) is 4.05. The van der Waals surface area contributed by atoms with Crippen LogP contribution in [-0.2, 0) is 4.79 Å². The molecule has 0 aromatic rings. The summed E-state index contributed by atoms with van der Waals surface area (Å²) in [5, 5.41) is 11.8. The molecule has 2 aliphatic rings. The lowest BCUT2D eigenvalue weighted by molar-refractivity contribution is -0.138. The van der Waals surface area contributed by atoms with Crippen LogP contribution in [-0.4, -0.2) is 65.7 Å². The van der Waals surface area contributed by atoms with Crippen molar-refractivity contribution in [3.63, 3.8) is 0 Å². The van der Waals surface area contributed by atoms with Crippen molar-refractivity contribution < 1.29 is 14.7 Å². The number of carbonyl (C=O) groups is 2. The van der Waals surface area contributed by atoms with Crippen molar-refractivity contribution in [2.24, 2.45) is 5.41 Å². The second kappa shape index (κ2) is 5.36. The molecule has 0 spiro atoms. The molecular weight excluding hydrogens is 246 g/mol. The molecule has 1 aliphatic heterocycles. The maximum Gasteiger partial charge on any atom is 0.317 e. The van der Waals surface area contributed by atoms with E-state index in [0.717, 1.165) is 19.4 Å². The quantitative estimate of drug-likeness (QED) is 0.786. The highest BCUT2D eigenvalue weighted by atomic mass is 16.4. The fourth-order valence-electron chi connectivity index (χ4n) is 2.48. The van der Waals surface area contributed by atoms with Crippen LogP contribution in [0.4, 0.5) is 4.79 Å². The molecule has 0 aromatic heterocycles. The van der Waals surface area contributed by atoms with E-state index in [4.69, 9.17) is 5.11 Å². The van der Waals surface area contributed by atoms with Crippen LogP contribution in [0.5, 0.6) is 0 Å². The van der Waals surface area contributed by atoms with Gasteiger partial charge in [0.2, 0.25) is 0 Å². The zero-order valence-corrected chi connectivity index (χ0v) is 11.7. The fourth-order valence-corrected chi connectivity index (χ4v) is 2.48. The van der Waals surface area contributed by atoms with Crippen molar-refractivity contribution in [3.05, 3.63) is 0 Å². The number of rotatable bonds is 3. The van der Waals surface area contributed by atoms with Crippen molar-refractivity contribution in [1.29, 1.82) is 0 Å². The minimum Gasteiger partial charge on any atom is -0.480 e. The molecule has 2 amide bonds. The number of carbonyl (C=O) groups excluding carboxylic acids is 1. The summed E-state index contributed by atoms with van der Waals surface area (Å²) in [5.41, 5.74) is 0.233. The van der Waals surface area contributed by atoms with E-state index in [1.54, 1.807) is 4.90 Å². The van der Waals surface area contributed by atoms with Crippen LogP contribution in [0.3, 0.4) is 0 Å². The van der Waals surface area contributed by atoms with Gasteiger partial charge in [-0.25, -0.2) is 4.79 Å². The molecule has 1 heterocycles. The predicted octanol–water partition coefficient (Wildman–Crippen LogP) is 0.587. The summed E-state index contributed by atoms with van der Waals surface area (Å²) in [7, 11) is 0. The summed E-state index contributed by atoms with van der Waals surface area (Å²) in [6.07, 6.45) is 1.87. The Kier molecular flexibility index (Phi) is 3.99. The lowest BCUT2D eigenvalue weighted by atomic mass is 10.2. The van der Waals surface area contributed by atoms with Crippen molar-refractivity contribution >= 4 is 12.0 Å². The molecule has 2 fully saturated rings. The normalized spacial score (nSPS) is 26.6. The standard InChI is InChI=1S/C13H23N3O3/c1-13(2)8-10(13)14-12(19)16-5-3-4-15(6-7-16)9-11(17)18/h10H,3-9H2,1-2H3,(H,14,19)(H,17,18). The summed E-state index contributed by atoms with van der Waals surface area (Å²) >= 11 is 0. The van der Waals surface area contributed by atoms with E-state index in [1.165, 1.54) is 0 Å². The summed E-state index contributed by atoms with van der Waals surface area (Å²) in [4.78, 5) is 26.5. The third kappa shape index (κ3) is 3.83. The molecule has 19 heavy (non-hydrogen) atoms. The topological polar surface area (TPSA) is 72.9 Å². The Morgan fingerprint density at radius 3 is 2.53 bits per heavy atom.